The third kappa shape index (κ3) is 6.44. The van der Waals surface area contributed by atoms with Gasteiger partial charge in [0.05, 0.1) is 22.6 Å². The molecule has 0 aliphatic carbocycles. The molecular weight excluding hydrogens is 519 g/mol. The first-order valence-corrected chi connectivity index (χ1v) is 13.7. The molecular formula is C27H37ClF3N5S. The van der Waals surface area contributed by atoms with Crippen molar-refractivity contribution in [1.29, 1.82) is 0 Å². The zero-order valence-electron chi connectivity index (χ0n) is 21.5. The maximum absolute atomic E-state index is 13.8. The molecule has 0 atom stereocenters. The van der Waals surface area contributed by atoms with Crippen molar-refractivity contribution in [3.63, 3.8) is 0 Å². The van der Waals surface area contributed by atoms with E-state index in [2.05, 4.69) is 52.5 Å². The number of piperidine rings is 2. The van der Waals surface area contributed by atoms with Crippen LogP contribution in [0.25, 0.3) is 0 Å². The summed E-state index contributed by atoms with van der Waals surface area (Å²) in [6.07, 6.45) is -0.291. The number of hydrogen-bond acceptors (Lipinski definition) is 6. The first-order chi connectivity index (χ1) is 17.1. The van der Waals surface area contributed by atoms with Gasteiger partial charge in [0.15, 0.2) is 0 Å². The number of halogens is 4. The molecule has 0 radical (unpaired) electrons. The molecule has 3 aliphatic heterocycles. The Kier molecular flexibility index (Phi) is 8.48. The molecule has 5 rings (SSSR count). The van der Waals surface area contributed by atoms with Crippen molar-refractivity contribution < 1.29 is 13.2 Å². The molecule has 2 saturated heterocycles. The van der Waals surface area contributed by atoms with Crippen LogP contribution in [0.1, 0.15) is 45.1 Å². The number of alkyl halides is 3. The van der Waals surface area contributed by atoms with Gasteiger partial charge in [-0.05, 0) is 61.4 Å². The van der Waals surface area contributed by atoms with E-state index in [1.807, 2.05) is 0 Å². The number of likely N-dealkylation sites (tertiary alicyclic amines) is 1. The molecule has 0 spiro atoms. The van der Waals surface area contributed by atoms with Crippen LogP contribution in [0.3, 0.4) is 0 Å². The lowest BCUT2D eigenvalue weighted by molar-refractivity contribution is -0.137. The van der Waals surface area contributed by atoms with E-state index in [0.29, 0.717) is 17.1 Å². The van der Waals surface area contributed by atoms with Crippen LogP contribution in [-0.4, -0.2) is 50.2 Å². The van der Waals surface area contributed by atoms with E-state index in [4.69, 9.17) is 5.73 Å². The summed E-state index contributed by atoms with van der Waals surface area (Å²) in [7, 11) is 0. The lowest BCUT2D eigenvalue weighted by atomic mass is 9.84. The van der Waals surface area contributed by atoms with Gasteiger partial charge in [0.1, 0.15) is 0 Å². The Morgan fingerprint density at radius 3 is 2.54 bits per heavy atom. The fourth-order valence-corrected chi connectivity index (χ4v) is 6.69. The molecule has 2 aromatic rings. The van der Waals surface area contributed by atoms with Gasteiger partial charge in [0, 0.05) is 60.8 Å². The van der Waals surface area contributed by atoms with E-state index < -0.39 is 11.7 Å². The van der Waals surface area contributed by atoms with E-state index in [-0.39, 0.29) is 23.9 Å². The van der Waals surface area contributed by atoms with Gasteiger partial charge in [0.2, 0.25) is 0 Å². The fraction of sp³-hybridized carbons (Fsp3) is 0.556. The number of hydrogen-bond donors (Lipinski definition) is 3. The van der Waals surface area contributed by atoms with E-state index >= 15 is 0 Å². The summed E-state index contributed by atoms with van der Waals surface area (Å²) in [6.45, 7) is 9.85. The fourth-order valence-electron chi connectivity index (χ4n) is 5.60. The monoisotopic (exact) mass is 555 g/mol. The number of nitrogens with two attached hydrogens (primary N) is 1. The van der Waals surface area contributed by atoms with Gasteiger partial charge in [-0.2, -0.15) is 13.2 Å². The van der Waals surface area contributed by atoms with Gasteiger partial charge < -0.3 is 26.2 Å². The van der Waals surface area contributed by atoms with E-state index in [9.17, 15) is 13.2 Å². The van der Waals surface area contributed by atoms with Gasteiger partial charge >= 0.3 is 6.18 Å². The van der Waals surface area contributed by atoms with Crippen LogP contribution in [0.4, 0.5) is 35.9 Å². The zero-order valence-corrected chi connectivity index (χ0v) is 23.1. The summed E-state index contributed by atoms with van der Waals surface area (Å²) in [4.78, 5) is 6.28. The molecule has 0 bridgehead atoms. The van der Waals surface area contributed by atoms with Crippen molar-refractivity contribution in [2.75, 3.05) is 54.8 Å². The highest BCUT2D eigenvalue weighted by molar-refractivity contribution is 7.99. The highest BCUT2D eigenvalue weighted by Crippen LogP contribution is 2.50. The van der Waals surface area contributed by atoms with Crippen LogP contribution in [0.15, 0.2) is 40.1 Å². The lowest BCUT2D eigenvalue weighted by Gasteiger charge is -2.40. The molecule has 3 aliphatic rings. The summed E-state index contributed by atoms with van der Waals surface area (Å²) in [6, 6.07) is 8.98. The smallest absolute Gasteiger partial charge is 0.380 e. The van der Waals surface area contributed by atoms with Gasteiger partial charge in [-0.1, -0.05) is 25.6 Å². The van der Waals surface area contributed by atoms with Gasteiger partial charge in [-0.3, -0.25) is 0 Å². The second-order valence-electron chi connectivity index (χ2n) is 11.0. The molecule has 0 amide bonds. The number of benzene rings is 2. The molecule has 10 heteroatoms. The van der Waals surface area contributed by atoms with Crippen molar-refractivity contribution >= 4 is 46.9 Å². The van der Waals surface area contributed by atoms with Crippen molar-refractivity contribution in [3.8, 4) is 0 Å². The van der Waals surface area contributed by atoms with E-state index in [1.165, 1.54) is 30.3 Å². The standard InChI is InChI=1S/C27H36F3N5S.ClH/c1-26(2)8-3-10-35(17-26)20-4-5-21-23(16-20)36-24-15-18(27(28,29)30)14-22(25(24)33-21)32-19-6-11-34(12-7-19)13-9-31;/h4-5,14-16,19,32-33H,3,6-13,17,31H2,1-2H3;1H. The first kappa shape index (κ1) is 28.2. The minimum absolute atomic E-state index is 0. The molecule has 204 valence electrons. The maximum atomic E-state index is 13.8. The Hall–Kier alpha value is -1.81. The van der Waals surface area contributed by atoms with Gasteiger partial charge in [-0.15, -0.1) is 12.4 Å². The minimum atomic E-state index is -4.40. The Morgan fingerprint density at radius 1 is 1.11 bits per heavy atom. The van der Waals surface area contributed by atoms with E-state index in [0.717, 1.165) is 73.9 Å². The highest BCUT2D eigenvalue weighted by atomic mass is 35.5. The molecule has 2 aromatic carbocycles. The Labute approximate surface area is 228 Å². The van der Waals surface area contributed by atoms with Crippen LogP contribution in [0.5, 0.6) is 0 Å². The lowest BCUT2D eigenvalue weighted by Crippen LogP contribution is -2.41. The molecule has 4 N–H and O–H groups in total. The van der Waals surface area contributed by atoms with Gasteiger partial charge in [-0.25, -0.2) is 0 Å². The molecule has 3 heterocycles. The predicted octanol–water partition coefficient (Wildman–Crippen LogP) is 6.80. The van der Waals surface area contributed by atoms with Crippen LogP contribution >= 0.6 is 24.2 Å². The van der Waals surface area contributed by atoms with E-state index in [1.54, 1.807) is 0 Å². The number of anilines is 4. The van der Waals surface area contributed by atoms with Crippen LogP contribution in [0.2, 0.25) is 0 Å². The van der Waals surface area contributed by atoms with Crippen LogP contribution in [0, 0.1) is 5.41 Å². The molecule has 0 aromatic heterocycles. The third-order valence-electron chi connectivity index (χ3n) is 7.53. The second kappa shape index (κ2) is 11.1. The third-order valence-corrected chi connectivity index (χ3v) is 8.63. The normalized spacial score (nSPS) is 19.9. The molecule has 37 heavy (non-hydrogen) atoms. The Bertz CT molecular complexity index is 1100. The summed E-state index contributed by atoms with van der Waals surface area (Å²) >= 11 is 1.42. The molecule has 0 saturated carbocycles. The van der Waals surface area contributed by atoms with Crippen molar-refractivity contribution in [1.82, 2.24) is 4.90 Å². The summed E-state index contributed by atoms with van der Waals surface area (Å²) in [5.41, 5.74) is 8.65. The maximum Gasteiger partial charge on any atom is 0.416 e. The molecule has 2 fully saturated rings. The predicted molar refractivity (Wildman–Crippen MR) is 150 cm³/mol. The SMILES string of the molecule is CC1(C)CCCN(c2ccc3c(c2)Sc2cc(C(F)(F)F)cc(NC4CCN(CCN)CC4)c2N3)C1.Cl. The molecule has 5 nitrogen and oxygen atoms in total. The largest absolute Gasteiger partial charge is 0.416 e. The van der Waals surface area contributed by atoms with Crippen molar-refractivity contribution in [3.05, 3.63) is 35.9 Å². The number of rotatable bonds is 5. The average Bonchev–Trinajstić information content (AvgIpc) is 2.82. The second-order valence-corrected chi connectivity index (χ2v) is 12.1. The quantitative estimate of drug-likeness (QED) is 0.322. The van der Waals surface area contributed by atoms with Crippen LogP contribution in [-0.2, 0) is 6.18 Å². The number of fused-ring (bicyclic) bond motifs is 2. The zero-order chi connectivity index (χ0) is 25.5. The minimum Gasteiger partial charge on any atom is -0.380 e. The summed E-state index contributed by atoms with van der Waals surface area (Å²) < 4.78 is 41.5. The first-order valence-electron chi connectivity index (χ1n) is 12.9. The summed E-state index contributed by atoms with van der Waals surface area (Å²) in [5.74, 6) is 0. The number of nitrogens with one attached hydrogen (secondary N) is 2. The average molecular weight is 556 g/mol. The van der Waals surface area contributed by atoms with Gasteiger partial charge in [0.25, 0.3) is 0 Å². The Balaban J connectivity index is 0.00000320. The van der Waals surface area contributed by atoms with Crippen molar-refractivity contribution in [2.24, 2.45) is 11.1 Å². The highest BCUT2D eigenvalue weighted by Gasteiger charge is 2.34. The van der Waals surface area contributed by atoms with Crippen LogP contribution < -0.4 is 21.3 Å². The molecule has 0 unspecified atom stereocenters. The Morgan fingerprint density at radius 2 is 1.86 bits per heavy atom. The number of nitrogens with zero attached hydrogens (tertiary/aromatic N) is 2. The van der Waals surface area contributed by atoms with Crippen molar-refractivity contribution in [2.45, 2.75) is 61.5 Å². The summed E-state index contributed by atoms with van der Waals surface area (Å²) in [5, 5.41) is 6.90. The topological polar surface area (TPSA) is 56.6 Å².